The highest BCUT2D eigenvalue weighted by Crippen LogP contribution is 2.27. The summed E-state index contributed by atoms with van der Waals surface area (Å²) >= 11 is 0. The molecular formula is C17H29NO. The van der Waals surface area contributed by atoms with Crippen LogP contribution in [0.25, 0.3) is 0 Å². The van der Waals surface area contributed by atoms with Gasteiger partial charge in [0.15, 0.2) is 0 Å². The van der Waals surface area contributed by atoms with E-state index in [0.717, 1.165) is 31.9 Å². The maximum atomic E-state index is 5.46. The summed E-state index contributed by atoms with van der Waals surface area (Å²) in [5.74, 6) is 0.970. The summed E-state index contributed by atoms with van der Waals surface area (Å²) in [6.45, 7) is 11.8. The van der Waals surface area contributed by atoms with Crippen LogP contribution in [0.2, 0.25) is 0 Å². The molecule has 1 N–H and O–H groups in total. The van der Waals surface area contributed by atoms with Crippen molar-refractivity contribution in [1.29, 1.82) is 0 Å². The number of hydrogen-bond donors (Lipinski definition) is 1. The zero-order valence-corrected chi connectivity index (χ0v) is 13.0. The molecule has 0 unspecified atom stereocenters. The van der Waals surface area contributed by atoms with Gasteiger partial charge in [-0.15, -0.1) is 0 Å². The average molecular weight is 263 g/mol. The molecule has 0 spiro atoms. The van der Waals surface area contributed by atoms with Crippen LogP contribution in [-0.2, 0) is 6.42 Å². The van der Waals surface area contributed by atoms with Crippen LogP contribution in [0.4, 0.5) is 0 Å². The summed E-state index contributed by atoms with van der Waals surface area (Å²) in [7, 11) is 0. The highest BCUT2D eigenvalue weighted by molar-refractivity contribution is 5.27. The highest BCUT2D eigenvalue weighted by Gasteiger charge is 2.16. The third-order valence-electron chi connectivity index (χ3n) is 3.55. The van der Waals surface area contributed by atoms with Crippen LogP contribution in [-0.4, -0.2) is 19.7 Å². The fourth-order valence-corrected chi connectivity index (χ4v) is 2.13. The quantitative estimate of drug-likeness (QED) is 0.679. The van der Waals surface area contributed by atoms with Crippen molar-refractivity contribution in [1.82, 2.24) is 5.32 Å². The summed E-state index contributed by atoms with van der Waals surface area (Å²) < 4.78 is 5.46. The van der Waals surface area contributed by atoms with E-state index in [1.165, 1.54) is 18.4 Å². The molecule has 0 saturated heterocycles. The Labute approximate surface area is 118 Å². The van der Waals surface area contributed by atoms with E-state index < -0.39 is 0 Å². The van der Waals surface area contributed by atoms with Crippen molar-refractivity contribution in [2.75, 3.05) is 19.7 Å². The van der Waals surface area contributed by atoms with Gasteiger partial charge in [0.2, 0.25) is 0 Å². The monoisotopic (exact) mass is 263 g/mol. The predicted octanol–water partition coefficient (Wildman–Crippen LogP) is 4.04. The number of ether oxygens (including phenoxy) is 1. The molecule has 0 amide bonds. The lowest BCUT2D eigenvalue weighted by Gasteiger charge is -2.24. The van der Waals surface area contributed by atoms with Gasteiger partial charge in [-0.25, -0.2) is 0 Å². The van der Waals surface area contributed by atoms with Crippen molar-refractivity contribution >= 4 is 0 Å². The molecule has 0 radical (unpaired) electrons. The number of aryl methyl sites for hydroxylation is 1. The minimum atomic E-state index is 0.404. The summed E-state index contributed by atoms with van der Waals surface area (Å²) in [4.78, 5) is 0. The Kier molecular flexibility index (Phi) is 6.93. The fraction of sp³-hybridized carbons (Fsp3) is 0.647. The average Bonchev–Trinajstić information content (AvgIpc) is 2.39. The van der Waals surface area contributed by atoms with E-state index in [1.54, 1.807) is 0 Å². The minimum Gasteiger partial charge on any atom is -0.494 e. The largest absolute Gasteiger partial charge is 0.494 e. The number of rotatable bonds is 9. The van der Waals surface area contributed by atoms with E-state index in [4.69, 9.17) is 4.74 Å². The first-order valence-corrected chi connectivity index (χ1v) is 7.50. The normalized spacial score (nSPS) is 11.6. The molecule has 108 valence electrons. The summed E-state index contributed by atoms with van der Waals surface area (Å²) in [5, 5.41) is 3.41. The molecule has 0 atom stereocenters. The molecule has 0 aliphatic heterocycles. The second-order valence-electron chi connectivity index (χ2n) is 5.84. The van der Waals surface area contributed by atoms with Crippen molar-refractivity contribution in [3.05, 3.63) is 29.8 Å². The van der Waals surface area contributed by atoms with E-state index in [-0.39, 0.29) is 0 Å². The van der Waals surface area contributed by atoms with E-state index in [9.17, 15) is 0 Å². The molecule has 0 aromatic heterocycles. The van der Waals surface area contributed by atoms with E-state index in [1.807, 2.05) is 6.92 Å². The van der Waals surface area contributed by atoms with Crippen molar-refractivity contribution in [3.63, 3.8) is 0 Å². The molecule has 0 saturated carbocycles. The third kappa shape index (κ3) is 6.63. The Bertz CT molecular complexity index is 343. The topological polar surface area (TPSA) is 21.3 Å². The van der Waals surface area contributed by atoms with Crippen LogP contribution in [0.15, 0.2) is 24.3 Å². The standard InChI is InChI=1S/C17H29NO/c1-5-18-14-13-17(3,4)12-11-15-7-9-16(10-8-15)19-6-2/h7-10,18H,5-6,11-14H2,1-4H3. The van der Waals surface area contributed by atoms with Gasteiger partial charge in [0, 0.05) is 0 Å². The van der Waals surface area contributed by atoms with Crippen LogP contribution >= 0.6 is 0 Å². The molecule has 0 bridgehead atoms. The first-order valence-electron chi connectivity index (χ1n) is 7.50. The maximum absolute atomic E-state index is 5.46. The fourth-order valence-electron chi connectivity index (χ4n) is 2.13. The number of nitrogens with one attached hydrogen (secondary N) is 1. The summed E-state index contributed by atoms with van der Waals surface area (Å²) in [6, 6.07) is 8.52. The van der Waals surface area contributed by atoms with Crippen molar-refractivity contribution in [2.24, 2.45) is 5.41 Å². The molecule has 0 heterocycles. The second kappa shape index (κ2) is 8.21. The first kappa shape index (κ1) is 16.0. The zero-order valence-electron chi connectivity index (χ0n) is 13.0. The summed E-state index contributed by atoms with van der Waals surface area (Å²) in [6.07, 6.45) is 3.61. The van der Waals surface area contributed by atoms with Gasteiger partial charge in [0.1, 0.15) is 5.75 Å². The van der Waals surface area contributed by atoms with E-state index in [0.29, 0.717) is 5.41 Å². The number of hydrogen-bond acceptors (Lipinski definition) is 2. The van der Waals surface area contributed by atoms with Crippen LogP contribution < -0.4 is 10.1 Å². The Morgan fingerprint density at radius 1 is 1.05 bits per heavy atom. The Morgan fingerprint density at radius 2 is 1.74 bits per heavy atom. The molecule has 1 rings (SSSR count). The SMILES string of the molecule is CCNCCC(C)(C)CCc1ccc(OCC)cc1. The summed E-state index contributed by atoms with van der Waals surface area (Å²) in [5.41, 5.74) is 1.81. The molecule has 2 nitrogen and oxygen atoms in total. The number of benzene rings is 1. The molecule has 2 heteroatoms. The molecule has 0 aliphatic carbocycles. The molecule has 1 aromatic rings. The third-order valence-corrected chi connectivity index (χ3v) is 3.55. The lowest BCUT2D eigenvalue weighted by Crippen LogP contribution is -2.22. The van der Waals surface area contributed by atoms with Gasteiger partial charge in [-0.1, -0.05) is 32.9 Å². The minimum absolute atomic E-state index is 0.404. The van der Waals surface area contributed by atoms with E-state index in [2.05, 4.69) is 50.4 Å². The van der Waals surface area contributed by atoms with Crippen LogP contribution in [0.3, 0.4) is 0 Å². The van der Waals surface area contributed by atoms with Gasteiger partial charge in [-0.3, -0.25) is 0 Å². The van der Waals surface area contributed by atoms with Gasteiger partial charge in [-0.2, -0.15) is 0 Å². The Balaban J connectivity index is 2.38. The van der Waals surface area contributed by atoms with Crippen LogP contribution in [0, 0.1) is 5.41 Å². The maximum Gasteiger partial charge on any atom is 0.119 e. The van der Waals surface area contributed by atoms with Crippen LogP contribution in [0.1, 0.15) is 46.1 Å². The van der Waals surface area contributed by atoms with Crippen molar-refractivity contribution in [3.8, 4) is 5.75 Å². The molecular weight excluding hydrogens is 234 g/mol. The van der Waals surface area contributed by atoms with Gasteiger partial charge in [0.25, 0.3) is 0 Å². The lowest BCUT2D eigenvalue weighted by molar-refractivity contribution is 0.303. The molecule has 19 heavy (non-hydrogen) atoms. The Hall–Kier alpha value is -1.02. The Morgan fingerprint density at radius 3 is 2.32 bits per heavy atom. The lowest BCUT2D eigenvalue weighted by atomic mass is 9.83. The smallest absolute Gasteiger partial charge is 0.119 e. The van der Waals surface area contributed by atoms with Gasteiger partial charge < -0.3 is 10.1 Å². The van der Waals surface area contributed by atoms with Crippen molar-refractivity contribution in [2.45, 2.75) is 47.0 Å². The second-order valence-corrected chi connectivity index (χ2v) is 5.84. The first-order chi connectivity index (χ1) is 9.07. The van der Waals surface area contributed by atoms with E-state index >= 15 is 0 Å². The molecule has 0 aliphatic rings. The van der Waals surface area contributed by atoms with Gasteiger partial charge in [-0.05, 0) is 62.4 Å². The van der Waals surface area contributed by atoms with Gasteiger partial charge >= 0.3 is 0 Å². The zero-order chi connectivity index (χ0) is 14.1. The van der Waals surface area contributed by atoms with Crippen LogP contribution in [0.5, 0.6) is 5.75 Å². The molecule has 0 fully saturated rings. The highest BCUT2D eigenvalue weighted by atomic mass is 16.5. The van der Waals surface area contributed by atoms with Crippen molar-refractivity contribution < 1.29 is 4.74 Å². The molecule has 1 aromatic carbocycles. The predicted molar refractivity (Wildman–Crippen MR) is 82.9 cm³/mol. The van der Waals surface area contributed by atoms with Gasteiger partial charge in [0.05, 0.1) is 6.61 Å².